The number of ether oxygens (including phenoxy) is 1. The van der Waals surface area contributed by atoms with E-state index in [1.165, 1.54) is 24.8 Å². The van der Waals surface area contributed by atoms with Gasteiger partial charge in [-0.15, -0.1) is 0 Å². The largest absolute Gasteiger partial charge is 0.376 e. The van der Waals surface area contributed by atoms with Crippen molar-refractivity contribution in [2.24, 2.45) is 5.41 Å². The maximum absolute atomic E-state index is 5.74. The van der Waals surface area contributed by atoms with E-state index in [1.807, 2.05) is 6.07 Å². The van der Waals surface area contributed by atoms with Crippen LogP contribution < -0.4 is 0 Å². The molecule has 1 aromatic rings. The van der Waals surface area contributed by atoms with E-state index < -0.39 is 0 Å². The predicted molar refractivity (Wildman–Crippen MR) is 58.1 cm³/mol. The van der Waals surface area contributed by atoms with Gasteiger partial charge in [-0.2, -0.15) is 0 Å². The maximum atomic E-state index is 5.74. The molecule has 1 heteroatoms. The van der Waals surface area contributed by atoms with E-state index in [4.69, 9.17) is 4.74 Å². The molecule has 0 heterocycles. The average Bonchev–Trinajstić information content (AvgIpc) is 3.00. The molecule has 0 N–H and O–H groups in total. The molecule has 0 aromatic heterocycles. The topological polar surface area (TPSA) is 9.23 Å². The van der Waals surface area contributed by atoms with Gasteiger partial charge in [0.2, 0.25) is 0 Å². The molecule has 1 saturated carbocycles. The molecule has 14 heavy (non-hydrogen) atoms. The number of rotatable bonds is 5. The Morgan fingerprint density at radius 3 is 2.50 bits per heavy atom. The Kier molecular flexibility index (Phi) is 2.87. The Morgan fingerprint density at radius 1 is 1.21 bits per heavy atom. The average molecular weight is 190 g/mol. The van der Waals surface area contributed by atoms with Crippen LogP contribution in [0.4, 0.5) is 0 Å². The molecule has 76 valence electrons. The minimum absolute atomic E-state index is 0.550. The number of hydrogen-bond acceptors (Lipinski definition) is 1. The Hall–Kier alpha value is -0.820. The normalized spacial score (nSPS) is 18.1. The van der Waals surface area contributed by atoms with E-state index >= 15 is 0 Å². The first kappa shape index (κ1) is 9.72. The number of hydrogen-bond donors (Lipinski definition) is 0. The van der Waals surface area contributed by atoms with Gasteiger partial charge in [0.25, 0.3) is 0 Å². The molecule has 0 radical (unpaired) electrons. The lowest BCUT2D eigenvalue weighted by atomic mass is 10.1. The van der Waals surface area contributed by atoms with Gasteiger partial charge >= 0.3 is 0 Å². The summed E-state index contributed by atoms with van der Waals surface area (Å²) in [5.74, 6) is 0. The summed E-state index contributed by atoms with van der Waals surface area (Å²) in [5, 5.41) is 0. The summed E-state index contributed by atoms with van der Waals surface area (Å²) in [4.78, 5) is 0. The van der Waals surface area contributed by atoms with Crippen LogP contribution in [0.15, 0.2) is 30.3 Å². The van der Waals surface area contributed by atoms with Crippen LogP contribution in [0.2, 0.25) is 0 Å². The van der Waals surface area contributed by atoms with E-state index in [-0.39, 0.29) is 0 Å². The van der Waals surface area contributed by atoms with Crippen LogP contribution in [0.1, 0.15) is 31.7 Å². The van der Waals surface area contributed by atoms with Crippen molar-refractivity contribution in [1.29, 1.82) is 0 Å². The fourth-order valence-corrected chi connectivity index (χ4v) is 1.74. The quantitative estimate of drug-likeness (QED) is 0.691. The van der Waals surface area contributed by atoms with Crippen molar-refractivity contribution >= 4 is 0 Å². The highest BCUT2D eigenvalue weighted by molar-refractivity contribution is 5.13. The molecule has 1 nitrogen and oxygen atoms in total. The van der Waals surface area contributed by atoms with Crippen LogP contribution in [0.3, 0.4) is 0 Å². The first-order chi connectivity index (χ1) is 6.85. The first-order valence-electron chi connectivity index (χ1n) is 5.46. The van der Waals surface area contributed by atoms with Gasteiger partial charge < -0.3 is 4.74 Å². The number of benzene rings is 1. The van der Waals surface area contributed by atoms with E-state index in [9.17, 15) is 0 Å². The van der Waals surface area contributed by atoms with Gasteiger partial charge in [0.1, 0.15) is 0 Å². The third kappa shape index (κ3) is 2.36. The molecule has 0 spiro atoms. The van der Waals surface area contributed by atoms with Crippen LogP contribution in [-0.4, -0.2) is 6.61 Å². The fourth-order valence-electron chi connectivity index (χ4n) is 1.74. The van der Waals surface area contributed by atoms with Crippen molar-refractivity contribution in [2.45, 2.75) is 32.8 Å². The molecular formula is C13H18O. The van der Waals surface area contributed by atoms with Crippen LogP contribution in [0.25, 0.3) is 0 Å². The van der Waals surface area contributed by atoms with Crippen LogP contribution >= 0.6 is 0 Å². The standard InChI is InChI=1S/C13H18O/c1-2-13(8-9-13)11-14-10-12-6-4-3-5-7-12/h3-7H,2,8-11H2,1H3. The summed E-state index contributed by atoms with van der Waals surface area (Å²) in [6.45, 7) is 3.97. The molecule has 1 fully saturated rings. The lowest BCUT2D eigenvalue weighted by Crippen LogP contribution is -2.08. The predicted octanol–water partition coefficient (Wildman–Crippen LogP) is 3.39. The second-order valence-corrected chi connectivity index (χ2v) is 4.33. The van der Waals surface area contributed by atoms with Gasteiger partial charge in [0.15, 0.2) is 0 Å². The molecular weight excluding hydrogens is 172 g/mol. The van der Waals surface area contributed by atoms with E-state index in [1.54, 1.807) is 0 Å². The third-order valence-electron chi connectivity index (χ3n) is 3.23. The van der Waals surface area contributed by atoms with Gasteiger partial charge in [-0.05, 0) is 30.2 Å². The fraction of sp³-hybridized carbons (Fsp3) is 0.538. The zero-order valence-corrected chi connectivity index (χ0v) is 8.83. The van der Waals surface area contributed by atoms with E-state index in [0.29, 0.717) is 5.41 Å². The van der Waals surface area contributed by atoms with Crippen LogP contribution in [0.5, 0.6) is 0 Å². The molecule has 1 aliphatic rings. The van der Waals surface area contributed by atoms with Crippen LogP contribution in [0, 0.1) is 5.41 Å². The minimum atomic E-state index is 0.550. The Morgan fingerprint density at radius 2 is 1.93 bits per heavy atom. The molecule has 0 bridgehead atoms. The van der Waals surface area contributed by atoms with Gasteiger partial charge in [-0.1, -0.05) is 37.3 Å². The summed E-state index contributed by atoms with van der Waals surface area (Å²) in [6, 6.07) is 10.4. The van der Waals surface area contributed by atoms with Gasteiger partial charge in [0, 0.05) is 0 Å². The Labute approximate surface area is 86.1 Å². The lowest BCUT2D eigenvalue weighted by Gasteiger charge is -2.12. The molecule has 0 atom stereocenters. The van der Waals surface area contributed by atoms with Crippen LogP contribution in [-0.2, 0) is 11.3 Å². The van der Waals surface area contributed by atoms with Crippen molar-refractivity contribution < 1.29 is 4.74 Å². The minimum Gasteiger partial charge on any atom is -0.376 e. The molecule has 1 aromatic carbocycles. The molecule has 0 amide bonds. The van der Waals surface area contributed by atoms with Crippen molar-refractivity contribution in [3.63, 3.8) is 0 Å². The zero-order chi connectivity index (χ0) is 9.86. The summed E-state index contributed by atoms with van der Waals surface area (Å²) in [7, 11) is 0. The maximum Gasteiger partial charge on any atom is 0.0717 e. The summed E-state index contributed by atoms with van der Waals surface area (Å²) < 4.78 is 5.74. The van der Waals surface area contributed by atoms with Gasteiger partial charge in [-0.25, -0.2) is 0 Å². The molecule has 2 rings (SSSR count). The highest BCUT2D eigenvalue weighted by Crippen LogP contribution is 2.48. The van der Waals surface area contributed by atoms with Gasteiger partial charge in [0.05, 0.1) is 13.2 Å². The van der Waals surface area contributed by atoms with Crippen molar-refractivity contribution in [3.8, 4) is 0 Å². The zero-order valence-electron chi connectivity index (χ0n) is 8.83. The van der Waals surface area contributed by atoms with Gasteiger partial charge in [-0.3, -0.25) is 0 Å². The second-order valence-electron chi connectivity index (χ2n) is 4.33. The third-order valence-corrected chi connectivity index (χ3v) is 3.23. The smallest absolute Gasteiger partial charge is 0.0717 e. The van der Waals surface area contributed by atoms with E-state index in [2.05, 4.69) is 31.2 Å². The van der Waals surface area contributed by atoms with Crippen molar-refractivity contribution in [3.05, 3.63) is 35.9 Å². The lowest BCUT2D eigenvalue weighted by molar-refractivity contribution is 0.0766. The first-order valence-corrected chi connectivity index (χ1v) is 5.46. The van der Waals surface area contributed by atoms with Crippen molar-refractivity contribution in [1.82, 2.24) is 0 Å². The Balaban J connectivity index is 1.73. The van der Waals surface area contributed by atoms with Crippen molar-refractivity contribution in [2.75, 3.05) is 6.61 Å². The summed E-state index contributed by atoms with van der Waals surface area (Å²) in [5.41, 5.74) is 1.83. The molecule has 0 saturated heterocycles. The van der Waals surface area contributed by atoms with E-state index in [0.717, 1.165) is 13.2 Å². The highest BCUT2D eigenvalue weighted by atomic mass is 16.5. The molecule has 1 aliphatic carbocycles. The molecule has 0 unspecified atom stereocenters. The molecule has 0 aliphatic heterocycles. The highest BCUT2D eigenvalue weighted by Gasteiger charge is 2.40. The SMILES string of the molecule is CCC1(COCc2ccccc2)CC1. The summed E-state index contributed by atoms with van der Waals surface area (Å²) in [6.07, 6.45) is 3.98. The Bertz CT molecular complexity index is 275. The second kappa shape index (κ2) is 4.14. The monoisotopic (exact) mass is 190 g/mol. The summed E-state index contributed by atoms with van der Waals surface area (Å²) >= 11 is 0.